The van der Waals surface area contributed by atoms with E-state index in [4.69, 9.17) is 18.9 Å². The van der Waals surface area contributed by atoms with Crippen LogP contribution in [0.15, 0.2) is 0 Å². The van der Waals surface area contributed by atoms with E-state index >= 15 is 0 Å². The van der Waals surface area contributed by atoms with Gasteiger partial charge in [-0.25, -0.2) is 0 Å². The lowest BCUT2D eigenvalue weighted by molar-refractivity contribution is -0.296. The lowest BCUT2D eigenvalue weighted by atomic mass is 9.48. The number of Topliss-reactive ketones (excluding diaryl/α,β-unsaturated/α-hetero) is 1. The third-order valence-corrected chi connectivity index (χ3v) is 11.6. The second kappa shape index (κ2) is 6.14. The van der Waals surface area contributed by atoms with Gasteiger partial charge in [-0.1, -0.05) is 6.92 Å². The zero-order valence-corrected chi connectivity index (χ0v) is 19.3. The summed E-state index contributed by atoms with van der Waals surface area (Å²) in [6.07, 6.45) is 10.8. The van der Waals surface area contributed by atoms with Crippen LogP contribution in [0.2, 0.25) is 0 Å². The van der Waals surface area contributed by atoms with Gasteiger partial charge in [-0.2, -0.15) is 0 Å². The number of rotatable bonds is 1. The molecule has 7 aliphatic rings. The summed E-state index contributed by atoms with van der Waals surface area (Å²) in [6.45, 7) is 7.57. The molecule has 0 aromatic heterocycles. The molecule has 2 saturated heterocycles. The molecule has 5 nitrogen and oxygen atoms in total. The normalized spacial score (nSPS) is 54.1. The molecule has 2 heterocycles. The minimum absolute atomic E-state index is 0.0220. The van der Waals surface area contributed by atoms with E-state index < -0.39 is 5.79 Å². The third-order valence-electron chi connectivity index (χ3n) is 11.6. The molecule has 0 aromatic carbocycles. The lowest BCUT2D eigenvalue weighted by Gasteiger charge is -2.57. The molecule has 0 radical (unpaired) electrons. The Morgan fingerprint density at radius 2 is 1.58 bits per heavy atom. The molecule has 5 saturated carbocycles. The van der Waals surface area contributed by atoms with Gasteiger partial charge in [0.25, 0.3) is 0 Å². The van der Waals surface area contributed by atoms with Crippen LogP contribution in [0.25, 0.3) is 0 Å². The maximum Gasteiger partial charge on any atom is 0.169 e. The fourth-order valence-corrected chi connectivity index (χ4v) is 10.4. The van der Waals surface area contributed by atoms with Gasteiger partial charge in [0.2, 0.25) is 0 Å². The molecule has 0 aromatic rings. The van der Waals surface area contributed by atoms with Gasteiger partial charge in [0.1, 0.15) is 5.78 Å². The van der Waals surface area contributed by atoms with Crippen molar-refractivity contribution >= 4 is 5.78 Å². The first-order chi connectivity index (χ1) is 14.9. The summed E-state index contributed by atoms with van der Waals surface area (Å²) < 4.78 is 24.7. The molecule has 31 heavy (non-hydrogen) atoms. The van der Waals surface area contributed by atoms with E-state index in [1.165, 1.54) is 19.3 Å². The molecule has 5 aliphatic carbocycles. The minimum atomic E-state index is -0.500. The molecule has 0 N–H and O–H groups in total. The Hall–Kier alpha value is -0.490. The van der Waals surface area contributed by atoms with Crippen LogP contribution in [0.5, 0.6) is 0 Å². The zero-order chi connectivity index (χ0) is 21.1. The fourth-order valence-electron chi connectivity index (χ4n) is 10.4. The highest BCUT2D eigenvalue weighted by molar-refractivity contribution is 5.91. The molecule has 2 aliphatic heterocycles. The van der Waals surface area contributed by atoms with Gasteiger partial charge < -0.3 is 18.9 Å². The first-order valence-electron chi connectivity index (χ1n) is 13.0. The first-order valence-corrected chi connectivity index (χ1v) is 13.0. The van der Waals surface area contributed by atoms with E-state index in [1.54, 1.807) is 0 Å². The van der Waals surface area contributed by atoms with E-state index in [1.807, 2.05) is 0 Å². The third kappa shape index (κ3) is 2.30. The SMILES string of the molecule is CC1([C@H]2CC[C@H]3[C@@H]4CC[C@H]5CC6(CC[C@@]57C[C@@]47C(=O)C[C@]23C)OCCCO6)OCCO1. The van der Waals surface area contributed by atoms with Crippen LogP contribution >= 0.6 is 0 Å². The van der Waals surface area contributed by atoms with E-state index in [9.17, 15) is 4.79 Å². The average molecular weight is 431 g/mol. The van der Waals surface area contributed by atoms with Crippen LogP contribution in [0.3, 0.4) is 0 Å². The number of carbonyl (C=O) groups is 1. The minimum Gasteiger partial charge on any atom is -0.350 e. The molecular weight excluding hydrogens is 392 g/mol. The number of hydrogen-bond donors (Lipinski definition) is 0. The molecule has 5 heteroatoms. The van der Waals surface area contributed by atoms with Crippen molar-refractivity contribution in [1.29, 1.82) is 0 Å². The van der Waals surface area contributed by atoms with Gasteiger partial charge >= 0.3 is 0 Å². The Bertz CT molecular complexity index is 798. The van der Waals surface area contributed by atoms with Crippen molar-refractivity contribution in [2.75, 3.05) is 26.4 Å². The molecule has 7 fully saturated rings. The van der Waals surface area contributed by atoms with E-state index in [0.717, 1.165) is 58.2 Å². The topological polar surface area (TPSA) is 54.0 Å². The van der Waals surface area contributed by atoms with E-state index in [-0.39, 0.29) is 22.0 Å². The Kier molecular flexibility index (Phi) is 3.95. The number of hydrogen-bond acceptors (Lipinski definition) is 5. The van der Waals surface area contributed by atoms with Crippen LogP contribution in [0.4, 0.5) is 0 Å². The van der Waals surface area contributed by atoms with Gasteiger partial charge in [0, 0.05) is 30.6 Å². The van der Waals surface area contributed by atoms with Crippen LogP contribution < -0.4 is 0 Å². The Morgan fingerprint density at radius 3 is 2.35 bits per heavy atom. The molecular formula is C26H38O5. The molecule has 3 spiro atoms. The molecule has 0 amide bonds. The fraction of sp³-hybridized carbons (Fsp3) is 0.962. The highest BCUT2D eigenvalue weighted by Crippen LogP contribution is 2.85. The van der Waals surface area contributed by atoms with Crippen molar-refractivity contribution in [3.8, 4) is 0 Å². The van der Waals surface area contributed by atoms with Crippen molar-refractivity contribution in [3.05, 3.63) is 0 Å². The Balaban J connectivity index is 1.19. The summed E-state index contributed by atoms with van der Waals surface area (Å²) in [7, 11) is 0. The largest absolute Gasteiger partial charge is 0.350 e. The van der Waals surface area contributed by atoms with E-state index in [0.29, 0.717) is 42.7 Å². The predicted molar refractivity (Wildman–Crippen MR) is 113 cm³/mol. The first kappa shape index (κ1) is 19.9. The molecule has 0 unspecified atom stereocenters. The van der Waals surface area contributed by atoms with Gasteiger partial charge in [0.05, 0.1) is 26.4 Å². The Labute approximate surface area is 185 Å². The number of fused-ring (bicyclic) bond motifs is 2. The smallest absolute Gasteiger partial charge is 0.169 e. The van der Waals surface area contributed by atoms with Crippen molar-refractivity contribution < 1.29 is 23.7 Å². The van der Waals surface area contributed by atoms with Crippen molar-refractivity contribution in [2.45, 2.75) is 89.6 Å². The summed E-state index contributed by atoms with van der Waals surface area (Å²) in [6, 6.07) is 0. The quantitative estimate of drug-likeness (QED) is 0.614. The predicted octanol–water partition coefficient (Wildman–Crippen LogP) is 4.47. The lowest BCUT2D eigenvalue weighted by Crippen LogP contribution is -2.57. The van der Waals surface area contributed by atoms with Gasteiger partial charge in [-0.3, -0.25) is 4.79 Å². The molecule has 172 valence electrons. The summed E-state index contributed by atoms with van der Waals surface area (Å²) in [5.74, 6) is 1.86. The number of ether oxygens (including phenoxy) is 4. The summed E-state index contributed by atoms with van der Waals surface area (Å²) in [5.41, 5.74) is 0.226. The monoisotopic (exact) mass is 430 g/mol. The molecule has 7 rings (SSSR count). The second-order valence-electron chi connectivity index (χ2n) is 12.4. The van der Waals surface area contributed by atoms with Crippen molar-refractivity contribution in [2.24, 2.45) is 39.9 Å². The summed E-state index contributed by atoms with van der Waals surface area (Å²) >= 11 is 0. The summed E-state index contributed by atoms with van der Waals surface area (Å²) in [5, 5.41) is 0. The Morgan fingerprint density at radius 1 is 0.839 bits per heavy atom. The highest BCUT2D eigenvalue weighted by Gasteiger charge is 2.83. The molecule has 0 bridgehead atoms. The highest BCUT2D eigenvalue weighted by atomic mass is 16.7. The van der Waals surface area contributed by atoms with Crippen LogP contribution in [0.1, 0.15) is 78.1 Å². The standard InChI is InChI=1S/C26H38O5/c1-22-15-21(27)26-16-24(26)8-9-25(30-10-3-11-31-25)14-17(24)4-5-19(26)18(22)6-7-20(22)23(2)28-12-13-29-23/h17-20H,3-16H2,1-2H3/t17-,18-,19-,20-,22-,24+,26-/m0/s1. The second-order valence-corrected chi connectivity index (χ2v) is 12.4. The number of ketones is 1. The van der Waals surface area contributed by atoms with Crippen LogP contribution in [0, 0.1) is 39.9 Å². The summed E-state index contributed by atoms with van der Waals surface area (Å²) in [4.78, 5) is 14.1. The molecule has 7 atom stereocenters. The average Bonchev–Trinajstić information content (AvgIpc) is 3.05. The van der Waals surface area contributed by atoms with Crippen molar-refractivity contribution in [1.82, 2.24) is 0 Å². The zero-order valence-electron chi connectivity index (χ0n) is 19.3. The van der Waals surface area contributed by atoms with E-state index in [2.05, 4.69) is 13.8 Å². The number of carbonyl (C=O) groups excluding carboxylic acids is 1. The van der Waals surface area contributed by atoms with Gasteiger partial charge in [-0.05, 0) is 80.5 Å². The van der Waals surface area contributed by atoms with Crippen LogP contribution in [-0.2, 0) is 23.7 Å². The van der Waals surface area contributed by atoms with Gasteiger partial charge in [0.15, 0.2) is 11.6 Å². The van der Waals surface area contributed by atoms with Gasteiger partial charge in [-0.15, -0.1) is 0 Å². The maximum atomic E-state index is 14.1. The van der Waals surface area contributed by atoms with Crippen LogP contribution in [-0.4, -0.2) is 43.8 Å². The maximum absolute atomic E-state index is 14.1. The van der Waals surface area contributed by atoms with Crippen molar-refractivity contribution in [3.63, 3.8) is 0 Å².